The number of aromatic amines is 1. The molecule has 0 saturated heterocycles. The number of alkyl halides is 3. The Bertz CT molecular complexity index is 895. The summed E-state index contributed by atoms with van der Waals surface area (Å²) < 4.78 is 39.3. The van der Waals surface area contributed by atoms with Crippen LogP contribution >= 0.6 is 0 Å². The van der Waals surface area contributed by atoms with Gasteiger partial charge in [0.05, 0.1) is 10.9 Å². The lowest BCUT2D eigenvalue weighted by Gasteiger charge is -2.20. The van der Waals surface area contributed by atoms with Crippen LogP contribution in [0.3, 0.4) is 0 Å². The second kappa shape index (κ2) is 4.96. The first-order valence-electron chi connectivity index (χ1n) is 7.66. The van der Waals surface area contributed by atoms with Gasteiger partial charge in [0, 0.05) is 5.69 Å². The molecule has 0 unspecified atom stereocenters. The molecule has 7 heteroatoms. The van der Waals surface area contributed by atoms with E-state index in [2.05, 4.69) is 20.3 Å². The minimum absolute atomic E-state index is 0.196. The average molecular weight is 332 g/mol. The summed E-state index contributed by atoms with van der Waals surface area (Å²) in [6.07, 6.45) is -2.88. The van der Waals surface area contributed by atoms with Gasteiger partial charge in [-0.15, -0.1) is 0 Å². The molecule has 2 N–H and O–H groups in total. The highest BCUT2D eigenvalue weighted by atomic mass is 19.4. The summed E-state index contributed by atoms with van der Waals surface area (Å²) in [4.78, 5) is 10.3. The van der Waals surface area contributed by atoms with Crippen molar-refractivity contribution in [2.24, 2.45) is 0 Å². The van der Waals surface area contributed by atoms with E-state index in [1.54, 1.807) is 13.0 Å². The maximum atomic E-state index is 13.1. The highest BCUT2D eigenvalue weighted by Gasteiger charge is 2.45. The molecule has 1 aliphatic rings. The zero-order valence-corrected chi connectivity index (χ0v) is 12.9. The largest absolute Gasteiger partial charge is 0.451 e. The fraction of sp³-hybridized carbons (Fsp3) is 0.294. The summed E-state index contributed by atoms with van der Waals surface area (Å²) in [7, 11) is 0. The molecule has 1 saturated carbocycles. The molecule has 3 aromatic rings. The number of hydrogen-bond donors (Lipinski definition) is 2. The molecule has 2 heterocycles. The number of rotatable bonds is 3. The van der Waals surface area contributed by atoms with Crippen molar-refractivity contribution in [3.8, 4) is 0 Å². The summed E-state index contributed by atoms with van der Waals surface area (Å²) in [5.74, 6) is -0.916. The molecule has 1 fully saturated rings. The van der Waals surface area contributed by atoms with E-state index in [-0.39, 0.29) is 17.0 Å². The average Bonchev–Trinajstić information content (AvgIpc) is 3.21. The van der Waals surface area contributed by atoms with Gasteiger partial charge in [-0.25, -0.2) is 9.97 Å². The van der Waals surface area contributed by atoms with Crippen LogP contribution in [0.1, 0.15) is 29.9 Å². The molecule has 0 bridgehead atoms. The van der Waals surface area contributed by atoms with Crippen molar-refractivity contribution >= 4 is 16.9 Å². The molecule has 4 nitrogen and oxygen atoms in total. The van der Waals surface area contributed by atoms with E-state index in [9.17, 15) is 13.2 Å². The van der Waals surface area contributed by atoms with E-state index < -0.39 is 12.0 Å². The van der Waals surface area contributed by atoms with Crippen LogP contribution in [0.15, 0.2) is 36.4 Å². The molecule has 4 rings (SSSR count). The standard InChI is InChI=1S/C17H15F3N4/c1-10-9-12-13(21-10)22-15(17(18,19)20)23-14(12)24-16(7-8-16)11-5-3-2-4-6-11/h2-6,9H,7-8H2,1H3,(H2,21,22,23,24). The van der Waals surface area contributed by atoms with Gasteiger partial charge in [0.2, 0.25) is 5.82 Å². The van der Waals surface area contributed by atoms with E-state index in [1.165, 1.54) is 0 Å². The van der Waals surface area contributed by atoms with Gasteiger partial charge in [-0.3, -0.25) is 0 Å². The van der Waals surface area contributed by atoms with Gasteiger partial charge < -0.3 is 10.3 Å². The van der Waals surface area contributed by atoms with Crippen LogP contribution in [0.25, 0.3) is 11.0 Å². The number of fused-ring (bicyclic) bond motifs is 1. The topological polar surface area (TPSA) is 53.6 Å². The predicted molar refractivity (Wildman–Crippen MR) is 84.6 cm³/mol. The third kappa shape index (κ3) is 2.50. The Morgan fingerprint density at radius 3 is 2.46 bits per heavy atom. The second-order valence-electron chi connectivity index (χ2n) is 6.18. The van der Waals surface area contributed by atoms with Gasteiger partial charge in [0.1, 0.15) is 11.5 Å². The van der Waals surface area contributed by atoms with E-state index in [0.717, 1.165) is 24.1 Å². The highest BCUT2D eigenvalue weighted by molar-refractivity contribution is 5.88. The van der Waals surface area contributed by atoms with E-state index in [1.807, 2.05) is 30.3 Å². The number of aromatic nitrogens is 3. The molecular formula is C17H15F3N4. The van der Waals surface area contributed by atoms with Crippen molar-refractivity contribution in [2.75, 3.05) is 5.32 Å². The molecule has 124 valence electrons. The number of halogens is 3. The van der Waals surface area contributed by atoms with Crippen LogP contribution in [0, 0.1) is 6.92 Å². The molecule has 1 aliphatic carbocycles. The van der Waals surface area contributed by atoms with Gasteiger partial charge in [-0.05, 0) is 31.4 Å². The van der Waals surface area contributed by atoms with Crippen LogP contribution in [0.4, 0.5) is 19.0 Å². The molecular weight excluding hydrogens is 317 g/mol. The van der Waals surface area contributed by atoms with Crippen LogP contribution in [-0.4, -0.2) is 15.0 Å². The van der Waals surface area contributed by atoms with Gasteiger partial charge in [-0.2, -0.15) is 13.2 Å². The van der Waals surface area contributed by atoms with E-state index >= 15 is 0 Å². The van der Waals surface area contributed by atoms with Crippen LogP contribution in [-0.2, 0) is 11.7 Å². The van der Waals surface area contributed by atoms with Crippen molar-refractivity contribution in [3.63, 3.8) is 0 Å². The first-order chi connectivity index (χ1) is 11.4. The summed E-state index contributed by atoms with van der Waals surface area (Å²) in [5, 5.41) is 3.82. The maximum Gasteiger partial charge on any atom is 0.451 e. The molecule has 2 aromatic heterocycles. The minimum Gasteiger partial charge on any atom is -0.360 e. The van der Waals surface area contributed by atoms with Crippen LogP contribution in [0.5, 0.6) is 0 Å². The molecule has 1 aromatic carbocycles. The van der Waals surface area contributed by atoms with Crippen molar-refractivity contribution in [1.82, 2.24) is 15.0 Å². The number of anilines is 1. The third-order valence-electron chi connectivity index (χ3n) is 4.31. The molecule has 0 amide bonds. The number of nitrogens with zero attached hydrogens (tertiary/aromatic N) is 2. The van der Waals surface area contributed by atoms with Crippen molar-refractivity contribution in [2.45, 2.75) is 31.5 Å². The fourth-order valence-corrected chi connectivity index (χ4v) is 2.96. The molecule has 0 aliphatic heterocycles. The Kier molecular flexibility index (Phi) is 3.10. The first-order valence-corrected chi connectivity index (χ1v) is 7.66. The number of H-pyrrole nitrogens is 1. The first kappa shape index (κ1) is 15.0. The minimum atomic E-state index is -4.59. The number of hydrogen-bond acceptors (Lipinski definition) is 3. The Morgan fingerprint density at radius 1 is 1.12 bits per heavy atom. The fourth-order valence-electron chi connectivity index (χ4n) is 2.96. The molecule has 0 spiro atoms. The zero-order chi connectivity index (χ0) is 16.9. The number of aryl methyl sites for hydroxylation is 1. The molecule has 0 atom stereocenters. The summed E-state index contributed by atoms with van der Waals surface area (Å²) in [5.41, 5.74) is 1.64. The summed E-state index contributed by atoms with van der Waals surface area (Å²) in [6.45, 7) is 1.78. The Hall–Kier alpha value is -2.57. The van der Waals surface area contributed by atoms with Crippen molar-refractivity contribution in [3.05, 3.63) is 53.5 Å². The van der Waals surface area contributed by atoms with Gasteiger partial charge in [0.15, 0.2) is 0 Å². The van der Waals surface area contributed by atoms with Crippen molar-refractivity contribution in [1.29, 1.82) is 0 Å². The van der Waals surface area contributed by atoms with Gasteiger partial charge in [0.25, 0.3) is 0 Å². The smallest absolute Gasteiger partial charge is 0.360 e. The SMILES string of the molecule is Cc1cc2c(NC3(c4ccccc4)CC3)nc(C(F)(F)F)nc2[nH]1. The number of benzene rings is 1. The lowest BCUT2D eigenvalue weighted by molar-refractivity contribution is -0.144. The Labute approximate surface area is 136 Å². The Balaban J connectivity index is 1.81. The summed E-state index contributed by atoms with van der Waals surface area (Å²) in [6, 6.07) is 11.5. The normalized spacial score (nSPS) is 16.3. The highest BCUT2D eigenvalue weighted by Crippen LogP contribution is 2.48. The van der Waals surface area contributed by atoms with Gasteiger partial charge >= 0.3 is 6.18 Å². The van der Waals surface area contributed by atoms with E-state index in [0.29, 0.717) is 5.39 Å². The van der Waals surface area contributed by atoms with Gasteiger partial charge in [-0.1, -0.05) is 30.3 Å². The zero-order valence-electron chi connectivity index (χ0n) is 12.9. The second-order valence-corrected chi connectivity index (χ2v) is 6.18. The predicted octanol–water partition coefficient (Wildman–Crippen LogP) is 4.39. The van der Waals surface area contributed by atoms with Crippen molar-refractivity contribution < 1.29 is 13.2 Å². The quantitative estimate of drug-likeness (QED) is 0.748. The third-order valence-corrected chi connectivity index (χ3v) is 4.31. The maximum absolute atomic E-state index is 13.1. The molecule has 0 radical (unpaired) electrons. The lowest BCUT2D eigenvalue weighted by atomic mass is 10.1. The summed E-state index contributed by atoms with van der Waals surface area (Å²) >= 11 is 0. The lowest BCUT2D eigenvalue weighted by Crippen LogP contribution is -2.21. The molecule has 24 heavy (non-hydrogen) atoms. The Morgan fingerprint density at radius 2 is 1.83 bits per heavy atom. The van der Waals surface area contributed by atoms with E-state index in [4.69, 9.17) is 0 Å². The number of nitrogens with one attached hydrogen (secondary N) is 2. The van der Waals surface area contributed by atoms with Crippen LogP contribution < -0.4 is 5.32 Å². The van der Waals surface area contributed by atoms with Crippen LogP contribution in [0.2, 0.25) is 0 Å². The monoisotopic (exact) mass is 332 g/mol.